The van der Waals surface area contributed by atoms with Crippen LogP contribution in [-0.2, 0) is 16.6 Å². The molecule has 108 valence electrons. The van der Waals surface area contributed by atoms with E-state index in [0.29, 0.717) is 17.9 Å². The summed E-state index contributed by atoms with van der Waals surface area (Å²) in [6.07, 6.45) is 1.63. The fourth-order valence-corrected chi connectivity index (χ4v) is 2.33. The van der Waals surface area contributed by atoms with Crippen molar-refractivity contribution in [2.45, 2.75) is 18.4 Å². The van der Waals surface area contributed by atoms with Gasteiger partial charge in [-0.1, -0.05) is 12.1 Å². The summed E-state index contributed by atoms with van der Waals surface area (Å²) in [6.45, 7) is 2.27. The molecule has 0 fully saturated rings. The van der Waals surface area contributed by atoms with Crippen LogP contribution in [0.4, 0.5) is 5.82 Å². The number of hydrogen-bond acceptors (Lipinski definition) is 5. The molecule has 21 heavy (non-hydrogen) atoms. The van der Waals surface area contributed by atoms with Crippen LogP contribution in [0.5, 0.6) is 0 Å². The first kappa shape index (κ1) is 15.0. The van der Waals surface area contributed by atoms with Gasteiger partial charge >= 0.3 is 0 Å². The van der Waals surface area contributed by atoms with Crippen molar-refractivity contribution in [2.75, 3.05) is 5.32 Å². The van der Waals surface area contributed by atoms with E-state index in [9.17, 15) is 8.42 Å². The number of primary sulfonamides is 1. The molecule has 0 bridgehead atoms. The van der Waals surface area contributed by atoms with E-state index in [2.05, 4.69) is 16.4 Å². The number of pyridine rings is 1. The lowest BCUT2D eigenvalue weighted by molar-refractivity contribution is 0.598. The number of aromatic nitrogens is 1. The maximum Gasteiger partial charge on any atom is 0.238 e. The largest absolute Gasteiger partial charge is 0.365 e. The fraction of sp³-hybridized carbons (Fsp3) is 0.143. The zero-order chi connectivity index (χ0) is 15.5. The molecule has 0 unspecified atom stereocenters. The molecule has 1 heterocycles. The second-order valence-corrected chi connectivity index (χ2v) is 6.07. The molecule has 1 aromatic heterocycles. The molecule has 0 saturated carbocycles. The van der Waals surface area contributed by atoms with Gasteiger partial charge in [-0.05, 0) is 36.2 Å². The average Bonchev–Trinajstić information content (AvgIpc) is 2.44. The van der Waals surface area contributed by atoms with Gasteiger partial charge in [-0.2, -0.15) is 5.26 Å². The van der Waals surface area contributed by atoms with E-state index in [-0.39, 0.29) is 4.90 Å². The van der Waals surface area contributed by atoms with E-state index >= 15 is 0 Å². The molecule has 3 N–H and O–H groups in total. The smallest absolute Gasteiger partial charge is 0.238 e. The Hall–Kier alpha value is -2.43. The molecule has 0 aliphatic heterocycles. The third-order valence-corrected chi connectivity index (χ3v) is 3.91. The minimum atomic E-state index is -3.68. The van der Waals surface area contributed by atoms with Gasteiger partial charge in [0.2, 0.25) is 10.0 Å². The van der Waals surface area contributed by atoms with Gasteiger partial charge < -0.3 is 5.32 Å². The Morgan fingerprint density at radius 1 is 1.29 bits per heavy atom. The fourth-order valence-electron chi connectivity index (χ4n) is 1.82. The molecule has 6 nitrogen and oxygen atoms in total. The minimum Gasteiger partial charge on any atom is -0.365 e. The van der Waals surface area contributed by atoms with Crippen molar-refractivity contribution >= 4 is 15.8 Å². The first-order chi connectivity index (χ1) is 9.91. The van der Waals surface area contributed by atoms with Gasteiger partial charge in [0.05, 0.1) is 10.5 Å². The number of nitrogens with one attached hydrogen (secondary N) is 1. The highest BCUT2D eigenvalue weighted by molar-refractivity contribution is 7.89. The van der Waals surface area contributed by atoms with Crippen molar-refractivity contribution in [3.63, 3.8) is 0 Å². The number of nitrogens with zero attached hydrogens (tertiary/aromatic N) is 2. The summed E-state index contributed by atoms with van der Waals surface area (Å²) in [6, 6.07) is 10.1. The third kappa shape index (κ3) is 3.56. The third-order valence-electron chi connectivity index (χ3n) is 2.98. The van der Waals surface area contributed by atoms with Crippen LogP contribution in [0.15, 0.2) is 41.4 Å². The Bertz CT molecular complexity index is 793. The molecule has 0 aliphatic carbocycles. The zero-order valence-corrected chi connectivity index (χ0v) is 12.2. The summed E-state index contributed by atoms with van der Waals surface area (Å²) < 4.78 is 22.3. The number of aryl methyl sites for hydroxylation is 1. The first-order valence-corrected chi connectivity index (χ1v) is 7.68. The van der Waals surface area contributed by atoms with Crippen molar-refractivity contribution < 1.29 is 8.42 Å². The molecular weight excluding hydrogens is 288 g/mol. The Morgan fingerprint density at radius 2 is 1.95 bits per heavy atom. The van der Waals surface area contributed by atoms with Crippen LogP contribution in [0.2, 0.25) is 0 Å². The monoisotopic (exact) mass is 302 g/mol. The quantitative estimate of drug-likeness (QED) is 0.890. The Morgan fingerprint density at radius 3 is 2.52 bits per heavy atom. The van der Waals surface area contributed by atoms with Gasteiger partial charge in [0.25, 0.3) is 0 Å². The van der Waals surface area contributed by atoms with Gasteiger partial charge in [-0.3, -0.25) is 0 Å². The number of hydrogen-bond donors (Lipinski definition) is 2. The van der Waals surface area contributed by atoms with E-state index in [1.807, 2.05) is 6.92 Å². The molecule has 0 saturated heterocycles. The molecule has 0 aliphatic rings. The standard InChI is InChI=1S/C14H14N4O2S/c1-10-6-7-17-14(13(10)8-15)18-9-11-2-4-12(5-3-11)21(16,19)20/h2-7H,9H2,1H3,(H,17,18)(H2,16,19,20). The summed E-state index contributed by atoms with van der Waals surface area (Å²) in [7, 11) is -3.68. The Balaban J connectivity index is 2.15. The first-order valence-electron chi connectivity index (χ1n) is 6.13. The number of anilines is 1. The summed E-state index contributed by atoms with van der Waals surface area (Å²) in [5.74, 6) is 0.507. The van der Waals surface area contributed by atoms with Crippen LogP contribution in [-0.4, -0.2) is 13.4 Å². The lowest BCUT2D eigenvalue weighted by atomic mass is 10.1. The van der Waals surface area contributed by atoms with Gasteiger partial charge in [0.1, 0.15) is 11.9 Å². The van der Waals surface area contributed by atoms with Gasteiger partial charge in [-0.15, -0.1) is 0 Å². The van der Waals surface area contributed by atoms with Crippen molar-refractivity contribution in [3.05, 3.63) is 53.2 Å². The van der Waals surface area contributed by atoms with Crippen LogP contribution in [0, 0.1) is 18.3 Å². The Kier molecular flexibility index (Phi) is 4.21. The van der Waals surface area contributed by atoms with Crippen molar-refractivity contribution in [2.24, 2.45) is 5.14 Å². The lowest BCUT2D eigenvalue weighted by Gasteiger charge is -2.09. The van der Waals surface area contributed by atoms with Crippen LogP contribution in [0.3, 0.4) is 0 Å². The highest BCUT2D eigenvalue weighted by Crippen LogP contribution is 2.16. The predicted molar refractivity (Wildman–Crippen MR) is 78.8 cm³/mol. The van der Waals surface area contributed by atoms with E-state index in [4.69, 9.17) is 10.4 Å². The Labute approximate surface area is 123 Å². The molecule has 0 spiro atoms. The lowest BCUT2D eigenvalue weighted by Crippen LogP contribution is -2.12. The minimum absolute atomic E-state index is 0.0673. The van der Waals surface area contributed by atoms with E-state index in [1.165, 1.54) is 12.1 Å². The maximum atomic E-state index is 11.2. The summed E-state index contributed by atoms with van der Waals surface area (Å²) in [4.78, 5) is 4.20. The number of sulfonamides is 1. The maximum absolute atomic E-state index is 11.2. The molecule has 2 rings (SSSR count). The number of rotatable bonds is 4. The number of nitrogens with two attached hydrogens (primary N) is 1. The topological polar surface area (TPSA) is 109 Å². The number of nitriles is 1. The van der Waals surface area contributed by atoms with Crippen LogP contribution in [0.25, 0.3) is 0 Å². The van der Waals surface area contributed by atoms with Crippen molar-refractivity contribution in [1.82, 2.24) is 4.98 Å². The predicted octanol–water partition coefficient (Wildman–Crippen LogP) is 1.52. The summed E-state index contributed by atoms with van der Waals surface area (Å²) in [5, 5.41) is 17.2. The average molecular weight is 302 g/mol. The molecule has 0 atom stereocenters. The normalized spacial score (nSPS) is 10.9. The van der Waals surface area contributed by atoms with Gasteiger partial charge in [0.15, 0.2) is 0 Å². The van der Waals surface area contributed by atoms with Gasteiger partial charge in [-0.25, -0.2) is 18.5 Å². The molecule has 1 aromatic carbocycles. The van der Waals surface area contributed by atoms with E-state index < -0.39 is 10.0 Å². The highest BCUT2D eigenvalue weighted by Gasteiger charge is 2.08. The number of benzene rings is 1. The summed E-state index contributed by atoms with van der Waals surface area (Å²) >= 11 is 0. The second-order valence-electron chi connectivity index (χ2n) is 4.51. The molecule has 7 heteroatoms. The zero-order valence-electron chi connectivity index (χ0n) is 11.4. The molecular formula is C14H14N4O2S. The highest BCUT2D eigenvalue weighted by atomic mass is 32.2. The van der Waals surface area contributed by atoms with E-state index in [1.54, 1.807) is 24.4 Å². The second kappa shape index (κ2) is 5.91. The van der Waals surface area contributed by atoms with Crippen LogP contribution < -0.4 is 10.5 Å². The van der Waals surface area contributed by atoms with Crippen LogP contribution in [0.1, 0.15) is 16.7 Å². The van der Waals surface area contributed by atoms with Crippen molar-refractivity contribution in [1.29, 1.82) is 5.26 Å². The molecule has 0 radical (unpaired) electrons. The molecule has 0 amide bonds. The van der Waals surface area contributed by atoms with Crippen molar-refractivity contribution in [3.8, 4) is 6.07 Å². The van der Waals surface area contributed by atoms with Gasteiger partial charge in [0, 0.05) is 12.7 Å². The van der Waals surface area contributed by atoms with Crippen LogP contribution >= 0.6 is 0 Å². The SMILES string of the molecule is Cc1ccnc(NCc2ccc(S(N)(=O)=O)cc2)c1C#N. The molecule has 2 aromatic rings. The van der Waals surface area contributed by atoms with E-state index in [0.717, 1.165) is 11.1 Å². The summed E-state index contributed by atoms with van der Waals surface area (Å²) in [5.41, 5.74) is 2.20.